The summed E-state index contributed by atoms with van der Waals surface area (Å²) in [6.07, 6.45) is 0.931. The first-order valence-corrected chi connectivity index (χ1v) is 9.19. The van der Waals surface area contributed by atoms with Crippen LogP contribution in [0.15, 0.2) is 48.5 Å². The molecular weight excluding hydrogens is 342 g/mol. The molecule has 0 saturated carbocycles. The highest BCUT2D eigenvalue weighted by atomic mass is 16.2. The van der Waals surface area contributed by atoms with Crippen LogP contribution < -0.4 is 5.32 Å². The molecule has 2 aromatic carbocycles. The number of benzene rings is 2. The Kier molecular flexibility index (Phi) is 4.73. The van der Waals surface area contributed by atoms with E-state index in [1.165, 1.54) is 4.90 Å². The lowest BCUT2D eigenvalue weighted by Crippen LogP contribution is -2.34. The SMILES string of the molecule is O=C(c1cccc(CN2C(=O)c3ccccc3C2=O)c1)N1CCCNCC1. The van der Waals surface area contributed by atoms with E-state index in [9.17, 15) is 14.4 Å². The van der Waals surface area contributed by atoms with E-state index in [0.717, 1.165) is 31.6 Å². The molecular formula is C21H21N3O3. The largest absolute Gasteiger partial charge is 0.337 e. The summed E-state index contributed by atoms with van der Waals surface area (Å²) in [7, 11) is 0. The second kappa shape index (κ2) is 7.32. The zero-order chi connectivity index (χ0) is 18.8. The maximum absolute atomic E-state index is 12.8. The van der Waals surface area contributed by atoms with E-state index in [0.29, 0.717) is 23.2 Å². The Morgan fingerprint density at radius 3 is 2.41 bits per heavy atom. The van der Waals surface area contributed by atoms with Gasteiger partial charge in [0.25, 0.3) is 17.7 Å². The number of fused-ring (bicyclic) bond motifs is 1. The summed E-state index contributed by atoms with van der Waals surface area (Å²) < 4.78 is 0. The van der Waals surface area contributed by atoms with Gasteiger partial charge in [-0.05, 0) is 42.8 Å². The first kappa shape index (κ1) is 17.4. The summed E-state index contributed by atoms with van der Waals surface area (Å²) in [6.45, 7) is 3.29. The van der Waals surface area contributed by atoms with Crippen molar-refractivity contribution in [3.63, 3.8) is 0 Å². The fourth-order valence-corrected chi connectivity index (χ4v) is 3.60. The molecule has 4 rings (SSSR count). The van der Waals surface area contributed by atoms with Crippen LogP contribution in [-0.2, 0) is 6.54 Å². The molecule has 0 atom stereocenters. The highest BCUT2D eigenvalue weighted by molar-refractivity contribution is 6.21. The summed E-state index contributed by atoms with van der Waals surface area (Å²) in [5, 5.41) is 3.29. The predicted octanol–water partition coefficient (Wildman–Crippen LogP) is 1.92. The fourth-order valence-electron chi connectivity index (χ4n) is 3.60. The normalized spacial score (nSPS) is 17.0. The van der Waals surface area contributed by atoms with Gasteiger partial charge in [0, 0.05) is 25.2 Å². The number of hydrogen-bond donors (Lipinski definition) is 1. The molecule has 0 aliphatic carbocycles. The molecule has 0 unspecified atom stereocenters. The van der Waals surface area contributed by atoms with Crippen LogP contribution in [0.4, 0.5) is 0 Å². The van der Waals surface area contributed by atoms with Gasteiger partial charge in [-0.25, -0.2) is 0 Å². The summed E-state index contributed by atoms with van der Waals surface area (Å²) in [6, 6.07) is 14.1. The van der Waals surface area contributed by atoms with Crippen LogP contribution in [0.5, 0.6) is 0 Å². The Morgan fingerprint density at radius 1 is 0.926 bits per heavy atom. The van der Waals surface area contributed by atoms with E-state index in [2.05, 4.69) is 5.32 Å². The van der Waals surface area contributed by atoms with Gasteiger partial charge in [-0.2, -0.15) is 0 Å². The van der Waals surface area contributed by atoms with Gasteiger partial charge in [0.05, 0.1) is 17.7 Å². The first-order valence-electron chi connectivity index (χ1n) is 9.19. The summed E-state index contributed by atoms with van der Waals surface area (Å²) in [4.78, 5) is 41.0. The van der Waals surface area contributed by atoms with E-state index in [4.69, 9.17) is 0 Å². The first-order chi connectivity index (χ1) is 13.1. The molecule has 1 saturated heterocycles. The average molecular weight is 363 g/mol. The molecule has 0 radical (unpaired) electrons. The van der Waals surface area contributed by atoms with Crippen molar-refractivity contribution in [2.45, 2.75) is 13.0 Å². The van der Waals surface area contributed by atoms with Gasteiger partial charge in [-0.3, -0.25) is 19.3 Å². The Labute approximate surface area is 157 Å². The Balaban J connectivity index is 1.53. The number of rotatable bonds is 3. The van der Waals surface area contributed by atoms with Crippen LogP contribution in [0.3, 0.4) is 0 Å². The maximum Gasteiger partial charge on any atom is 0.261 e. The van der Waals surface area contributed by atoms with Gasteiger partial charge < -0.3 is 10.2 Å². The highest BCUT2D eigenvalue weighted by Crippen LogP contribution is 2.24. The lowest BCUT2D eigenvalue weighted by atomic mass is 10.1. The van der Waals surface area contributed by atoms with Gasteiger partial charge >= 0.3 is 0 Å². The van der Waals surface area contributed by atoms with Crippen molar-refractivity contribution in [1.29, 1.82) is 0 Å². The molecule has 2 aliphatic rings. The molecule has 6 nitrogen and oxygen atoms in total. The van der Waals surface area contributed by atoms with Crippen molar-refractivity contribution >= 4 is 17.7 Å². The summed E-state index contributed by atoms with van der Waals surface area (Å²) in [5.41, 5.74) is 2.23. The van der Waals surface area contributed by atoms with Gasteiger partial charge in [0.2, 0.25) is 0 Å². The lowest BCUT2D eigenvalue weighted by Gasteiger charge is -2.20. The van der Waals surface area contributed by atoms with Crippen LogP contribution in [-0.4, -0.2) is 53.7 Å². The highest BCUT2D eigenvalue weighted by Gasteiger charge is 2.35. The quantitative estimate of drug-likeness (QED) is 0.846. The van der Waals surface area contributed by atoms with Crippen molar-refractivity contribution < 1.29 is 14.4 Å². The minimum absolute atomic E-state index is 0.0112. The van der Waals surface area contributed by atoms with Gasteiger partial charge in [-0.1, -0.05) is 24.3 Å². The molecule has 138 valence electrons. The van der Waals surface area contributed by atoms with E-state index in [-0.39, 0.29) is 24.3 Å². The Morgan fingerprint density at radius 2 is 1.67 bits per heavy atom. The third-order valence-electron chi connectivity index (χ3n) is 5.02. The topological polar surface area (TPSA) is 69.7 Å². The number of nitrogens with zero attached hydrogens (tertiary/aromatic N) is 2. The van der Waals surface area contributed by atoms with E-state index in [1.807, 2.05) is 11.0 Å². The van der Waals surface area contributed by atoms with Crippen LogP contribution in [0.1, 0.15) is 43.1 Å². The van der Waals surface area contributed by atoms with Crippen LogP contribution >= 0.6 is 0 Å². The van der Waals surface area contributed by atoms with Crippen molar-refractivity contribution in [2.24, 2.45) is 0 Å². The monoisotopic (exact) mass is 363 g/mol. The number of imide groups is 1. The summed E-state index contributed by atoms with van der Waals surface area (Å²) in [5.74, 6) is -0.584. The molecule has 0 aromatic heterocycles. The molecule has 0 spiro atoms. The Bertz CT molecular complexity index is 866. The smallest absolute Gasteiger partial charge is 0.261 e. The molecule has 2 aromatic rings. The van der Waals surface area contributed by atoms with E-state index in [1.54, 1.807) is 42.5 Å². The van der Waals surface area contributed by atoms with Gasteiger partial charge in [0.1, 0.15) is 0 Å². The van der Waals surface area contributed by atoms with Crippen molar-refractivity contribution in [3.8, 4) is 0 Å². The van der Waals surface area contributed by atoms with Crippen LogP contribution in [0.2, 0.25) is 0 Å². The van der Waals surface area contributed by atoms with Gasteiger partial charge in [-0.15, -0.1) is 0 Å². The van der Waals surface area contributed by atoms with Crippen LogP contribution in [0.25, 0.3) is 0 Å². The molecule has 1 N–H and O–H groups in total. The molecule has 2 aliphatic heterocycles. The minimum atomic E-state index is -0.286. The fraction of sp³-hybridized carbons (Fsp3) is 0.286. The minimum Gasteiger partial charge on any atom is -0.337 e. The van der Waals surface area contributed by atoms with Gasteiger partial charge in [0.15, 0.2) is 0 Å². The number of amides is 3. The maximum atomic E-state index is 12.8. The zero-order valence-electron chi connectivity index (χ0n) is 15.0. The molecule has 3 amide bonds. The summed E-state index contributed by atoms with van der Waals surface area (Å²) >= 11 is 0. The Hall–Kier alpha value is -2.99. The second-order valence-corrected chi connectivity index (χ2v) is 6.84. The molecule has 2 heterocycles. The van der Waals surface area contributed by atoms with Crippen LogP contribution in [0, 0.1) is 0 Å². The number of carbonyl (C=O) groups excluding carboxylic acids is 3. The molecule has 6 heteroatoms. The van der Waals surface area contributed by atoms with E-state index >= 15 is 0 Å². The predicted molar refractivity (Wildman–Crippen MR) is 100 cm³/mol. The van der Waals surface area contributed by atoms with Crippen molar-refractivity contribution in [1.82, 2.24) is 15.1 Å². The molecule has 0 bridgehead atoms. The van der Waals surface area contributed by atoms with E-state index < -0.39 is 0 Å². The van der Waals surface area contributed by atoms with Crippen molar-refractivity contribution in [2.75, 3.05) is 26.2 Å². The third kappa shape index (κ3) is 3.36. The number of nitrogens with one attached hydrogen (secondary N) is 1. The molecule has 27 heavy (non-hydrogen) atoms. The zero-order valence-corrected chi connectivity index (χ0v) is 15.0. The van der Waals surface area contributed by atoms with Crippen molar-refractivity contribution in [3.05, 3.63) is 70.8 Å². The standard InChI is InChI=1S/C21H21N3O3/c25-19(23-11-4-9-22-10-12-23)16-6-3-5-15(13-16)14-24-20(26)17-7-1-2-8-18(17)21(24)27/h1-3,5-8,13,22H,4,9-12,14H2. The number of hydrogen-bond acceptors (Lipinski definition) is 4. The average Bonchev–Trinajstić information content (AvgIpc) is 2.91. The number of carbonyl (C=O) groups is 3. The lowest BCUT2D eigenvalue weighted by molar-refractivity contribution is 0.0642. The molecule has 1 fully saturated rings. The third-order valence-corrected chi connectivity index (χ3v) is 5.02. The second-order valence-electron chi connectivity index (χ2n) is 6.84.